The molecule has 0 spiro atoms. The molecule has 112 valence electrons. The lowest BCUT2D eigenvalue weighted by Crippen LogP contribution is -2.04. The molecule has 1 aromatic carbocycles. The molecule has 1 heterocycles. The molecule has 0 radical (unpaired) electrons. The number of hydrogen-bond donors (Lipinski definition) is 0. The molecule has 0 fully saturated rings. The largest absolute Gasteiger partial charge is 0.416 e. The number of aryl methyl sites for hydroxylation is 1. The number of hydrogen-bond acceptors (Lipinski definition) is 1. The Morgan fingerprint density at radius 2 is 1.48 bits per heavy atom. The van der Waals surface area contributed by atoms with Crippen LogP contribution in [-0.4, -0.2) is 4.98 Å². The van der Waals surface area contributed by atoms with Gasteiger partial charge in [0.15, 0.2) is 0 Å². The van der Waals surface area contributed by atoms with Gasteiger partial charge in [0.25, 0.3) is 0 Å². The summed E-state index contributed by atoms with van der Waals surface area (Å²) in [6.07, 6.45) is 0.821. The van der Waals surface area contributed by atoms with Crippen LogP contribution in [0, 0.1) is 0 Å². The molecule has 0 aliphatic heterocycles. The zero-order valence-corrected chi connectivity index (χ0v) is 12.4. The van der Waals surface area contributed by atoms with Crippen LogP contribution in [0.5, 0.6) is 0 Å². The van der Waals surface area contributed by atoms with E-state index >= 15 is 0 Å². The SMILES string of the molecule is FC(F)(F)c1ccc(CCCc2c(Cl)cncc2Cl)cc1. The monoisotopic (exact) mass is 333 g/mol. The minimum atomic E-state index is -4.30. The zero-order chi connectivity index (χ0) is 15.5. The molecule has 1 nitrogen and oxygen atoms in total. The summed E-state index contributed by atoms with van der Waals surface area (Å²) in [5, 5.41) is 1.02. The molecule has 6 heteroatoms. The van der Waals surface area contributed by atoms with E-state index in [0.717, 1.165) is 29.7 Å². The van der Waals surface area contributed by atoms with Crippen LogP contribution in [0.15, 0.2) is 36.7 Å². The fraction of sp³-hybridized carbons (Fsp3) is 0.267. The van der Waals surface area contributed by atoms with E-state index in [1.807, 2.05) is 0 Å². The van der Waals surface area contributed by atoms with Crippen LogP contribution in [-0.2, 0) is 19.0 Å². The first-order chi connectivity index (χ1) is 9.88. The molecule has 0 saturated carbocycles. The Hall–Kier alpha value is -1.26. The Bertz CT molecular complexity index is 589. The summed E-state index contributed by atoms with van der Waals surface area (Å²) in [6.45, 7) is 0. The quantitative estimate of drug-likeness (QED) is 0.711. The normalized spacial score (nSPS) is 11.7. The van der Waals surface area contributed by atoms with Gasteiger partial charge in [-0.15, -0.1) is 0 Å². The number of nitrogens with zero attached hydrogens (tertiary/aromatic N) is 1. The van der Waals surface area contributed by atoms with Gasteiger partial charge in [0.2, 0.25) is 0 Å². The van der Waals surface area contributed by atoms with Crippen molar-refractivity contribution in [2.24, 2.45) is 0 Å². The predicted octanol–water partition coefficient (Wildman–Crippen LogP) is 5.58. The zero-order valence-electron chi connectivity index (χ0n) is 10.9. The molecule has 21 heavy (non-hydrogen) atoms. The smallest absolute Gasteiger partial charge is 0.262 e. The number of rotatable bonds is 4. The van der Waals surface area contributed by atoms with E-state index in [1.165, 1.54) is 24.5 Å². The molecule has 0 amide bonds. The third kappa shape index (κ3) is 4.35. The standard InChI is InChI=1S/C15H12Cl2F3N/c16-13-8-21-9-14(17)12(13)3-1-2-10-4-6-11(7-5-10)15(18,19)20/h4-9H,1-3H2. The maximum atomic E-state index is 12.4. The second-order valence-electron chi connectivity index (χ2n) is 4.63. The summed E-state index contributed by atoms with van der Waals surface area (Å²) >= 11 is 12.0. The van der Waals surface area contributed by atoms with Crippen molar-refractivity contribution in [3.63, 3.8) is 0 Å². The van der Waals surface area contributed by atoms with Crippen molar-refractivity contribution >= 4 is 23.2 Å². The van der Waals surface area contributed by atoms with Gasteiger partial charge in [-0.25, -0.2) is 0 Å². The van der Waals surface area contributed by atoms with Crippen molar-refractivity contribution in [3.05, 3.63) is 63.4 Å². The van der Waals surface area contributed by atoms with Crippen LogP contribution >= 0.6 is 23.2 Å². The van der Waals surface area contributed by atoms with Crippen LogP contribution < -0.4 is 0 Å². The van der Waals surface area contributed by atoms with E-state index < -0.39 is 11.7 Å². The fourth-order valence-electron chi connectivity index (χ4n) is 2.01. The van der Waals surface area contributed by atoms with Crippen LogP contribution in [0.3, 0.4) is 0 Å². The van der Waals surface area contributed by atoms with E-state index in [4.69, 9.17) is 23.2 Å². The molecular formula is C15H12Cl2F3N. The van der Waals surface area contributed by atoms with E-state index in [9.17, 15) is 13.2 Å². The highest BCUT2D eigenvalue weighted by Crippen LogP contribution is 2.29. The topological polar surface area (TPSA) is 12.9 Å². The van der Waals surface area contributed by atoms with Gasteiger partial charge in [0.05, 0.1) is 15.6 Å². The van der Waals surface area contributed by atoms with Crippen LogP contribution in [0.2, 0.25) is 10.0 Å². The summed E-state index contributed by atoms with van der Waals surface area (Å²) < 4.78 is 37.3. The highest BCUT2D eigenvalue weighted by atomic mass is 35.5. The summed E-state index contributed by atoms with van der Waals surface area (Å²) in [5.74, 6) is 0. The van der Waals surface area contributed by atoms with Gasteiger partial charge in [0, 0.05) is 12.4 Å². The van der Waals surface area contributed by atoms with Crippen LogP contribution in [0.4, 0.5) is 13.2 Å². The molecule has 2 aromatic rings. The maximum Gasteiger partial charge on any atom is 0.416 e. The second-order valence-corrected chi connectivity index (χ2v) is 5.44. The first-order valence-corrected chi connectivity index (χ1v) is 7.07. The van der Waals surface area contributed by atoms with Crippen molar-refractivity contribution in [2.45, 2.75) is 25.4 Å². The third-order valence-corrected chi connectivity index (χ3v) is 3.78. The molecule has 0 saturated heterocycles. The lowest BCUT2D eigenvalue weighted by molar-refractivity contribution is -0.137. The Labute approximate surface area is 130 Å². The molecular weight excluding hydrogens is 322 g/mol. The number of aromatic nitrogens is 1. The van der Waals surface area contributed by atoms with Gasteiger partial charge in [-0.05, 0) is 42.5 Å². The average Bonchev–Trinajstić information content (AvgIpc) is 2.42. The molecule has 0 aliphatic rings. The molecule has 0 unspecified atom stereocenters. The van der Waals surface area contributed by atoms with Gasteiger partial charge in [-0.1, -0.05) is 35.3 Å². The summed E-state index contributed by atoms with van der Waals surface area (Å²) in [4.78, 5) is 3.87. The molecule has 0 aliphatic carbocycles. The van der Waals surface area contributed by atoms with Crippen LogP contribution in [0.25, 0.3) is 0 Å². The highest BCUT2D eigenvalue weighted by Gasteiger charge is 2.29. The third-order valence-electron chi connectivity index (χ3n) is 3.13. The van der Waals surface area contributed by atoms with Crippen molar-refractivity contribution in [1.29, 1.82) is 0 Å². The fourth-order valence-corrected chi connectivity index (χ4v) is 2.56. The molecule has 2 rings (SSSR count). The number of alkyl halides is 3. The average molecular weight is 334 g/mol. The predicted molar refractivity (Wildman–Crippen MR) is 77.7 cm³/mol. The van der Waals surface area contributed by atoms with Gasteiger partial charge >= 0.3 is 6.18 Å². The lowest BCUT2D eigenvalue weighted by Gasteiger charge is -2.08. The Morgan fingerprint density at radius 3 is 2.00 bits per heavy atom. The maximum absolute atomic E-state index is 12.4. The summed E-state index contributed by atoms with van der Waals surface area (Å²) in [7, 11) is 0. The minimum absolute atomic E-state index is 0.509. The molecule has 0 N–H and O–H groups in total. The summed E-state index contributed by atoms with van der Waals surface area (Å²) in [5.41, 5.74) is 1.04. The second kappa shape index (κ2) is 6.67. The number of pyridine rings is 1. The van der Waals surface area contributed by atoms with Crippen molar-refractivity contribution in [1.82, 2.24) is 4.98 Å². The van der Waals surface area contributed by atoms with Crippen molar-refractivity contribution in [3.8, 4) is 0 Å². The van der Waals surface area contributed by atoms with Gasteiger partial charge in [0.1, 0.15) is 0 Å². The Balaban J connectivity index is 1.95. The van der Waals surface area contributed by atoms with E-state index in [2.05, 4.69) is 4.98 Å². The van der Waals surface area contributed by atoms with Gasteiger partial charge in [-0.2, -0.15) is 13.2 Å². The van der Waals surface area contributed by atoms with E-state index in [0.29, 0.717) is 22.9 Å². The van der Waals surface area contributed by atoms with Crippen LogP contribution in [0.1, 0.15) is 23.1 Å². The molecule has 1 aromatic heterocycles. The highest BCUT2D eigenvalue weighted by molar-refractivity contribution is 6.35. The number of benzene rings is 1. The first-order valence-electron chi connectivity index (χ1n) is 6.32. The van der Waals surface area contributed by atoms with Crippen molar-refractivity contribution in [2.75, 3.05) is 0 Å². The van der Waals surface area contributed by atoms with Gasteiger partial charge < -0.3 is 0 Å². The Kier molecular flexibility index (Phi) is 5.12. The van der Waals surface area contributed by atoms with E-state index in [1.54, 1.807) is 0 Å². The number of halogens is 5. The van der Waals surface area contributed by atoms with E-state index in [-0.39, 0.29) is 0 Å². The van der Waals surface area contributed by atoms with Gasteiger partial charge in [-0.3, -0.25) is 4.98 Å². The Morgan fingerprint density at radius 1 is 0.905 bits per heavy atom. The minimum Gasteiger partial charge on any atom is -0.262 e. The van der Waals surface area contributed by atoms with Crippen molar-refractivity contribution < 1.29 is 13.2 Å². The lowest BCUT2D eigenvalue weighted by atomic mass is 10.0. The summed E-state index contributed by atoms with van der Waals surface area (Å²) in [6, 6.07) is 5.20. The molecule has 0 atom stereocenters. The first kappa shape index (κ1) is 16.1. The molecule has 0 bridgehead atoms.